The van der Waals surface area contributed by atoms with E-state index in [1.807, 2.05) is 35.7 Å². The first-order valence-electron chi connectivity index (χ1n) is 8.24. The fourth-order valence-electron chi connectivity index (χ4n) is 2.30. The topological polar surface area (TPSA) is 67.4 Å². The highest BCUT2D eigenvalue weighted by Crippen LogP contribution is 2.32. The minimum atomic E-state index is -0.249. The van der Waals surface area contributed by atoms with E-state index in [0.717, 1.165) is 0 Å². The van der Waals surface area contributed by atoms with Crippen LogP contribution in [0.4, 0.5) is 5.69 Å². The van der Waals surface area contributed by atoms with Crippen LogP contribution in [0.15, 0.2) is 65.4 Å². The Balaban J connectivity index is 1.58. The largest absolute Gasteiger partial charge is 0.455 e. The van der Waals surface area contributed by atoms with Crippen molar-refractivity contribution in [2.24, 2.45) is 0 Å². The molecule has 27 heavy (non-hydrogen) atoms. The molecule has 0 unspecified atom stereocenters. The Hall–Kier alpha value is -2.83. The van der Waals surface area contributed by atoms with Crippen LogP contribution in [0, 0.1) is 0 Å². The molecule has 2 N–H and O–H groups in total. The first-order chi connectivity index (χ1) is 13.1. The average Bonchev–Trinajstić information content (AvgIpc) is 3.20. The zero-order chi connectivity index (χ0) is 19.1. The number of carbonyl (C=O) groups excluding carboxylic acids is 2. The van der Waals surface area contributed by atoms with Gasteiger partial charge in [-0.25, -0.2) is 0 Å². The van der Waals surface area contributed by atoms with E-state index in [1.165, 1.54) is 11.3 Å². The van der Waals surface area contributed by atoms with Gasteiger partial charge in [0.1, 0.15) is 5.75 Å². The van der Waals surface area contributed by atoms with Gasteiger partial charge in [0.2, 0.25) is 5.91 Å². The van der Waals surface area contributed by atoms with Gasteiger partial charge in [0.25, 0.3) is 5.91 Å². The smallest absolute Gasteiger partial charge is 0.252 e. The van der Waals surface area contributed by atoms with E-state index >= 15 is 0 Å². The summed E-state index contributed by atoms with van der Waals surface area (Å²) >= 11 is 7.49. The van der Waals surface area contributed by atoms with Gasteiger partial charge in [-0.3, -0.25) is 9.59 Å². The van der Waals surface area contributed by atoms with Crippen molar-refractivity contribution in [3.8, 4) is 11.5 Å². The molecule has 7 heteroatoms. The van der Waals surface area contributed by atoms with Gasteiger partial charge in [0.05, 0.1) is 5.69 Å². The van der Waals surface area contributed by atoms with E-state index in [-0.39, 0.29) is 24.8 Å². The number of benzene rings is 2. The van der Waals surface area contributed by atoms with Crippen molar-refractivity contribution in [2.75, 3.05) is 11.9 Å². The van der Waals surface area contributed by atoms with Crippen LogP contribution in [0.1, 0.15) is 16.8 Å². The minimum Gasteiger partial charge on any atom is -0.455 e. The van der Waals surface area contributed by atoms with Gasteiger partial charge >= 0.3 is 0 Å². The van der Waals surface area contributed by atoms with Crippen molar-refractivity contribution >= 4 is 40.4 Å². The van der Waals surface area contributed by atoms with Gasteiger partial charge < -0.3 is 15.4 Å². The van der Waals surface area contributed by atoms with Crippen LogP contribution >= 0.6 is 22.9 Å². The number of rotatable bonds is 7. The summed E-state index contributed by atoms with van der Waals surface area (Å²) < 4.78 is 5.82. The van der Waals surface area contributed by atoms with Crippen molar-refractivity contribution in [1.82, 2.24) is 5.32 Å². The van der Waals surface area contributed by atoms with Crippen molar-refractivity contribution in [1.29, 1.82) is 0 Å². The molecule has 5 nitrogen and oxygen atoms in total. The summed E-state index contributed by atoms with van der Waals surface area (Å²) in [6.07, 6.45) is 0.132. The molecule has 0 saturated heterocycles. The molecule has 0 bridgehead atoms. The maximum absolute atomic E-state index is 12.2. The molecule has 0 saturated carbocycles. The van der Waals surface area contributed by atoms with E-state index in [2.05, 4.69) is 10.6 Å². The Morgan fingerprint density at radius 3 is 2.63 bits per heavy atom. The molecule has 2 aromatic carbocycles. The van der Waals surface area contributed by atoms with Gasteiger partial charge in [-0.05, 0) is 41.8 Å². The molecule has 0 aliphatic heterocycles. The van der Waals surface area contributed by atoms with E-state index < -0.39 is 0 Å². The van der Waals surface area contributed by atoms with E-state index in [0.29, 0.717) is 27.8 Å². The summed E-state index contributed by atoms with van der Waals surface area (Å²) in [6, 6.07) is 16.0. The molecule has 0 radical (unpaired) electrons. The Morgan fingerprint density at radius 1 is 1.07 bits per heavy atom. The molecule has 138 valence electrons. The van der Waals surface area contributed by atoms with Crippen molar-refractivity contribution in [3.05, 3.63) is 75.9 Å². The zero-order valence-corrected chi connectivity index (χ0v) is 15.8. The fourth-order valence-corrected chi connectivity index (χ4v) is 3.11. The predicted octanol–water partition coefficient (Wildman–Crippen LogP) is 4.95. The second kappa shape index (κ2) is 9.21. The maximum atomic E-state index is 12.2. The SMILES string of the molecule is O=C(CCNC(=O)c1ccsc1)Nc1cc(Cl)ccc1Oc1ccccc1. The second-order valence-corrected chi connectivity index (χ2v) is 6.84. The number of anilines is 1. The van der Waals surface area contributed by atoms with Gasteiger partial charge in [-0.15, -0.1) is 0 Å². The third-order valence-corrected chi connectivity index (χ3v) is 4.53. The molecule has 0 aliphatic rings. The standard InChI is InChI=1S/C20H17ClN2O3S/c21-15-6-7-18(26-16-4-2-1-3-5-16)17(12-15)23-19(24)8-10-22-20(25)14-9-11-27-13-14/h1-7,9,11-13H,8,10H2,(H,22,25)(H,23,24). The Labute approximate surface area is 165 Å². The van der Waals surface area contributed by atoms with E-state index in [1.54, 1.807) is 29.6 Å². The van der Waals surface area contributed by atoms with Crippen LogP contribution in [-0.4, -0.2) is 18.4 Å². The number of nitrogens with one attached hydrogen (secondary N) is 2. The summed E-state index contributed by atoms with van der Waals surface area (Å²) in [7, 11) is 0. The molecule has 0 fully saturated rings. The monoisotopic (exact) mass is 400 g/mol. The van der Waals surface area contributed by atoms with Crippen LogP contribution in [0.3, 0.4) is 0 Å². The summed E-state index contributed by atoms with van der Waals surface area (Å²) in [5, 5.41) is 9.57. The van der Waals surface area contributed by atoms with Gasteiger partial charge in [0, 0.05) is 28.9 Å². The molecule has 3 rings (SSSR count). The molecule has 1 heterocycles. The summed E-state index contributed by atoms with van der Waals surface area (Å²) in [5.41, 5.74) is 1.06. The lowest BCUT2D eigenvalue weighted by molar-refractivity contribution is -0.116. The number of thiophene rings is 1. The number of para-hydroxylation sites is 1. The highest BCUT2D eigenvalue weighted by atomic mass is 35.5. The third-order valence-electron chi connectivity index (χ3n) is 3.61. The number of ether oxygens (including phenoxy) is 1. The fraction of sp³-hybridized carbons (Fsp3) is 0.100. The highest BCUT2D eigenvalue weighted by molar-refractivity contribution is 7.08. The zero-order valence-electron chi connectivity index (χ0n) is 14.3. The molecular weight excluding hydrogens is 384 g/mol. The normalized spacial score (nSPS) is 10.3. The van der Waals surface area contributed by atoms with Crippen LogP contribution < -0.4 is 15.4 Å². The quantitative estimate of drug-likeness (QED) is 0.589. The first-order valence-corrected chi connectivity index (χ1v) is 9.56. The molecule has 0 aliphatic carbocycles. The van der Waals surface area contributed by atoms with Crippen molar-refractivity contribution in [2.45, 2.75) is 6.42 Å². The summed E-state index contributed by atoms with van der Waals surface area (Å²) in [6.45, 7) is 0.232. The number of halogens is 1. The summed E-state index contributed by atoms with van der Waals surface area (Å²) in [5.74, 6) is 0.695. The van der Waals surface area contributed by atoms with Gasteiger partial charge in [-0.1, -0.05) is 29.8 Å². The Bertz CT molecular complexity index is 914. The molecule has 1 aromatic heterocycles. The lowest BCUT2D eigenvalue weighted by Crippen LogP contribution is -2.27. The number of amides is 2. The van der Waals surface area contributed by atoms with Crippen molar-refractivity contribution < 1.29 is 14.3 Å². The number of hydrogen-bond acceptors (Lipinski definition) is 4. The maximum Gasteiger partial charge on any atom is 0.252 e. The lowest BCUT2D eigenvalue weighted by Gasteiger charge is -2.13. The predicted molar refractivity (Wildman–Crippen MR) is 108 cm³/mol. The third kappa shape index (κ3) is 5.57. The second-order valence-electron chi connectivity index (χ2n) is 5.62. The Morgan fingerprint density at radius 2 is 1.89 bits per heavy atom. The van der Waals surface area contributed by atoms with E-state index in [4.69, 9.17) is 16.3 Å². The molecule has 0 atom stereocenters. The van der Waals surface area contributed by atoms with Gasteiger partial charge in [-0.2, -0.15) is 11.3 Å². The molecular formula is C20H17ClN2O3S. The molecule has 0 spiro atoms. The Kier molecular flexibility index (Phi) is 6.46. The molecule has 2 amide bonds. The average molecular weight is 401 g/mol. The van der Waals surface area contributed by atoms with Crippen LogP contribution in [0.5, 0.6) is 11.5 Å². The number of hydrogen-bond donors (Lipinski definition) is 2. The molecule has 3 aromatic rings. The first kappa shape index (κ1) is 18.9. The van der Waals surface area contributed by atoms with Crippen LogP contribution in [0.25, 0.3) is 0 Å². The lowest BCUT2D eigenvalue weighted by atomic mass is 10.2. The number of carbonyl (C=O) groups is 2. The van der Waals surface area contributed by atoms with E-state index in [9.17, 15) is 9.59 Å². The highest BCUT2D eigenvalue weighted by Gasteiger charge is 2.11. The van der Waals surface area contributed by atoms with Gasteiger partial charge in [0.15, 0.2) is 5.75 Å². The van der Waals surface area contributed by atoms with Crippen molar-refractivity contribution in [3.63, 3.8) is 0 Å². The summed E-state index contributed by atoms with van der Waals surface area (Å²) in [4.78, 5) is 24.1. The minimum absolute atomic E-state index is 0.132. The van der Waals surface area contributed by atoms with Crippen LogP contribution in [0.2, 0.25) is 5.02 Å². The van der Waals surface area contributed by atoms with Crippen LogP contribution in [-0.2, 0) is 4.79 Å².